The minimum absolute atomic E-state index is 0.253. The number of pyridine rings is 1. The van der Waals surface area contributed by atoms with Gasteiger partial charge in [-0.3, -0.25) is 9.78 Å². The molecule has 0 saturated heterocycles. The Morgan fingerprint density at radius 3 is 2.47 bits per heavy atom. The summed E-state index contributed by atoms with van der Waals surface area (Å²) in [6.45, 7) is 2.20. The highest BCUT2D eigenvalue weighted by Crippen LogP contribution is 2.33. The van der Waals surface area contributed by atoms with Crippen LogP contribution in [-0.2, 0) is 19.8 Å². The summed E-state index contributed by atoms with van der Waals surface area (Å²) < 4.78 is 43.5. The predicted octanol–water partition coefficient (Wildman–Crippen LogP) is 5.55. The molecular weight excluding hydrogens is 443 g/mol. The second-order valence-electron chi connectivity index (χ2n) is 8.12. The highest BCUT2D eigenvalue weighted by Gasteiger charge is 2.31. The molecule has 0 atom stereocenters. The molecule has 0 aliphatic rings. The van der Waals surface area contributed by atoms with E-state index in [0.29, 0.717) is 23.1 Å². The van der Waals surface area contributed by atoms with Crippen molar-refractivity contribution >= 4 is 33.5 Å². The van der Waals surface area contributed by atoms with Gasteiger partial charge in [-0.2, -0.15) is 13.2 Å². The van der Waals surface area contributed by atoms with Crippen molar-refractivity contribution in [3.05, 3.63) is 89.6 Å². The number of hydrogen-bond donors (Lipinski definition) is 1. The number of fused-ring (bicyclic) bond motifs is 2. The summed E-state index contributed by atoms with van der Waals surface area (Å²) >= 11 is 0. The topological polar surface area (TPSA) is 64.7 Å². The molecular formula is C25H20F3N5O. The summed E-state index contributed by atoms with van der Waals surface area (Å²) in [5, 5.41) is 3.21. The number of halogens is 3. The lowest BCUT2D eigenvalue weighted by molar-refractivity contribution is -0.137. The fourth-order valence-electron chi connectivity index (χ4n) is 4.07. The van der Waals surface area contributed by atoms with Gasteiger partial charge in [0, 0.05) is 42.6 Å². The molecule has 172 valence electrons. The van der Waals surface area contributed by atoms with Crippen LogP contribution in [0.3, 0.4) is 0 Å². The maximum absolute atomic E-state index is 13.3. The van der Waals surface area contributed by atoms with Crippen LogP contribution in [0.25, 0.3) is 21.9 Å². The lowest BCUT2D eigenvalue weighted by atomic mass is 10.1. The monoisotopic (exact) mass is 463 g/mol. The highest BCUT2D eigenvalue weighted by molar-refractivity contribution is 6.07. The smallest absolute Gasteiger partial charge is 0.332 e. The van der Waals surface area contributed by atoms with Crippen molar-refractivity contribution in [3.8, 4) is 0 Å². The summed E-state index contributed by atoms with van der Waals surface area (Å²) in [5.41, 5.74) is 3.12. The first kappa shape index (κ1) is 21.7. The normalized spacial score (nSPS) is 11.9. The van der Waals surface area contributed by atoms with E-state index in [1.54, 1.807) is 41.2 Å². The maximum atomic E-state index is 13.3. The zero-order valence-corrected chi connectivity index (χ0v) is 18.4. The quantitative estimate of drug-likeness (QED) is 0.380. The molecule has 0 aliphatic heterocycles. The first-order valence-electron chi connectivity index (χ1n) is 10.5. The van der Waals surface area contributed by atoms with Crippen molar-refractivity contribution in [2.75, 3.05) is 5.32 Å². The van der Waals surface area contributed by atoms with E-state index in [9.17, 15) is 18.0 Å². The van der Waals surface area contributed by atoms with Crippen molar-refractivity contribution < 1.29 is 18.0 Å². The Labute approximate surface area is 192 Å². The van der Waals surface area contributed by atoms with Crippen LogP contribution in [0.1, 0.15) is 27.4 Å². The number of nitrogens with zero attached hydrogens (tertiary/aromatic N) is 4. The number of rotatable bonds is 4. The van der Waals surface area contributed by atoms with Crippen molar-refractivity contribution in [3.63, 3.8) is 0 Å². The van der Waals surface area contributed by atoms with Crippen molar-refractivity contribution in [1.29, 1.82) is 0 Å². The van der Waals surface area contributed by atoms with Gasteiger partial charge in [-0.05, 0) is 67.1 Å². The van der Waals surface area contributed by atoms with E-state index in [-0.39, 0.29) is 5.69 Å². The van der Waals surface area contributed by atoms with Crippen LogP contribution in [0.4, 0.5) is 18.9 Å². The molecule has 0 bridgehead atoms. The number of amides is 1. The standard InChI is InChI=1S/C25H20F3N5O/c1-15-30-20-13-19(4-6-22(20)32(15)2)31-24(34)23-12-17-11-18(25(26,27)28)3-5-21(17)33(23)14-16-7-9-29-10-8-16/h3-13H,14H2,1-2H3,(H,31,34). The summed E-state index contributed by atoms with van der Waals surface area (Å²) in [7, 11) is 1.91. The second-order valence-corrected chi connectivity index (χ2v) is 8.12. The number of carbonyl (C=O) groups excluding carboxylic acids is 1. The number of imidazole rings is 1. The van der Waals surface area contributed by atoms with E-state index < -0.39 is 17.6 Å². The molecule has 2 aromatic carbocycles. The lowest BCUT2D eigenvalue weighted by Crippen LogP contribution is -2.17. The molecule has 1 N–H and O–H groups in total. The number of anilines is 1. The van der Waals surface area contributed by atoms with Gasteiger partial charge in [-0.25, -0.2) is 4.98 Å². The van der Waals surface area contributed by atoms with Crippen LogP contribution in [-0.4, -0.2) is 25.0 Å². The van der Waals surface area contributed by atoms with Gasteiger partial charge in [0.15, 0.2) is 0 Å². The van der Waals surface area contributed by atoms with E-state index in [1.165, 1.54) is 12.1 Å². The van der Waals surface area contributed by atoms with Crippen LogP contribution in [0.5, 0.6) is 0 Å². The molecule has 9 heteroatoms. The molecule has 0 saturated carbocycles. The molecule has 34 heavy (non-hydrogen) atoms. The summed E-state index contributed by atoms with van der Waals surface area (Å²) in [6, 6.07) is 14.0. The van der Waals surface area contributed by atoms with Crippen LogP contribution in [0.15, 0.2) is 67.0 Å². The van der Waals surface area contributed by atoms with E-state index >= 15 is 0 Å². The second kappa shape index (κ2) is 8.02. The summed E-state index contributed by atoms with van der Waals surface area (Å²) in [5.74, 6) is 0.419. The number of aryl methyl sites for hydroxylation is 2. The van der Waals surface area contributed by atoms with Gasteiger partial charge in [0.2, 0.25) is 0 Å². The van der Waals surface area contributed by atoms with Gasteiger partial charge in [-0.15, -0.1) is 0 Å². The summed E-state index contributed by atoms with van der Waals surface area (Å²) in [6.07, 6.45) is -1.21. The van der Waals surface area contributed by atoms with Crippen molar-refractivity contribution in [2.45, 2.75) is 19.6 Å². The fourth-order valence-corrected chi connectivity index (χ4v) is 4.07. The molecule has 3 heterocycles. The molecule has 6 nitrogen and oxygen atoms in total. The van der Waals surface area contributed by atoms with E-state index in [2.05, 4.69) is 15.3 Å². The fraction of sp³-hybridized carbons (Fsp3) is 0.160. The minimum atomic E-state index is -4.47. The third kappa shape index (κ3) is 3.89. The molecule has 5 rings (SSSR count). The first-order chi connectivity index (χ1) is 16.2. The van der Waals surface area contributed by atoms with Gasteiger partial charge in [0.25, 0.3) is 5.91 Å². The highest BCUT2D eigenvalue weighted by atomic mass is 19.4. The van der Waals surface area contributed by atoms with E-state index in [1.807, 2.05) is 24.6 Å². The number of carbonyl (C=O) groups is 1. The lowest BCUT2D eigenvalue weighted by Gasteiger charge is -2.12. The van der Waals surface area contributed by atoms with Crippen molar-refractivity contribution in [2.24, 2.45) is 7.05 Å². The minimum Gasteiger partial charge on any atom is -0.332 e. The Kier molecular flexibility index (Phi) is 5.11. The number of aromatic nitrogens is 4. The average molecular weight is 463 g/mol. The number of nitrogens with one attached hydrogen (secondary N) is 1. The summed E-state index contributed by atoms with van der Waals surface area (Å²) in [4.78, 5) is 21.8. The zero-order chi connectivity index (χ0) is 24.0. The largest absolute Gasteiger partial charge is 0.416 e. The Morgan fingerprint density at radius 1 is 1.00 bits per heavy atom. The number of hydrogen-bond acceptors (Lipinski definition) is 3. The molecule has 0 aliphatic carbocycles. The van der Waals surface area contributed by atoms with Crippen molar-refractivity contribution in [1.82, 2.24) is 19.1 Å². The molecule has 0 radical (unpaired) electrons. The first-order valence-corrected chi connectivity index (χ1v) is 10.5. The number of alkyl halides is 3. The van der Waals surface area contributed by atoms with E-state index in [0.717, 1.165) is 34.6 Å². The molecule has 0 unspecified atom stereocenters. The Balaban J connectivity index is 1.56. The van der Waals surface area contributed by atoms with Gasteiger partial charge in [-0.1, -0.05) is 0 Å². The molecule has 0 fully saturated rings. The third-order valence-corrected chi connectivity index (χ3v) is 5.91. The van der Waals surface area contributed by atoms with Crippen LogP contribution >= 0.6 is 0 Å². The van der Waals surface area contributed by atoms with Crippen LogP contribution in [0.2, 0.25) is 0 Å². The number of benzene rings is 2. The van der Waals surface area contributed by atoms with Crippen LogP contribution in [0, 0.1) is 6.92 Å². The van der Waals surface area contributed by atoms with Crippen LogP contribution < -0.4 is 5.32 Å². The predicted molar refractivity (Wildman–Crippen MR) is 124 cm³/mol. The molecule has 1 amide bonds. The zero-order valence-electron chi connectivity index (χ0n) is 18.4. The van der Waals surface area contributed by atoms with Gasteiger partial charge in [0.05, 0.1) is 16.6 Å². The third-order valence-electron chi connectivity index (χ3n) is 5.91. The van der Waals surface area contributed by atoms with E-state index in [4.69, 9.17) is 0 Å². The Bertz CT molecular complexity index is 1530. The SMILES string of the molecule is Cc1nc2cc(NC(=O)c3cc4cc(C(F)(F)F)ccc4n3Cc3ccncc3)ccc2n1C. The molecule has 0 spiro atoms. The maximum Gasteiger partial charge on any atom is 0.416 e. The average Bonchev–Trinajstić information content (AvgIpc) is 3.30. The molecule has 5 aromatic rings. The Hall–Kier alpha value is -4.14. The molecule has 3 aromatic heterocycles. The van der Waals surface area contributed by atoms with Gasteiger partial charge in [0.1, 0.15) is 11.5 Å². The van der Waals surface area contributed by atoms with Gasteiger partial charge >= 0.3 is 6.18 Å². The Morgan fingerprint density at radius 2 is 1.74 bits per heavy atom. The van der Waals surface area contributed by atoms with Gasteiger partial charge < -0.3 is 14.5 Å².